The summed E-state index contributed by atoms with van der Waals surface area (Å²) in [4.78, 5) is 28.2. The normalized spacial score (nSPS) is 18.5. The van der Waals surface area contributed by atoms with E-state index in [1.54, 1.807) is 12.3 Å². The minimum absolute atomic E-state index is 0.0622. The number of hydrogen-bond donors (Lipinski definition) is 1. The van der Waals surface area contributed by atoms with E-state index in [-0.39, 0.29) is 30.6 Å². The van der Waals surface area contributed by atoms with Crippen LogP contribution in [-0.2, 0) is 30.8 Å². The molecule has 0 aromatic carbocycles. The number of carbonyl (C=O) groups is 2. The smallest absolute Gasteiger partial charge is 0.311 e. The van der Waals surface area contributed by atoms with E-state index in [0.717, 1.165) is 0 Å². The molecule has 1 unspecified atom stereocenters. The van der Waals surface area contributed by atoms with Crippen LogP contribution in [0.25, 0.3) is 0 Å². The number of ether oxygens (including phenoxy) is 1. The molecule has 1 saturated heterocycles. The number of aromatic nitrogens is 1. The first-order valence-electron chi connectivity index (χ1n) is 8.74. The van der Waals surface area contributed by atoms with E-state index in [4.69, 9.17) is 4.74 Å². The molecule has 8 nitrogen and oxygen atoms in total. The van der Waals surface area contributed by atoms with Gasteiger partial charge in [0.05, 0.1) is 30.4 Å². The summed E-state index contributed by atoms with van der Waals surface area (Å²) in [7, 11) is -3.30. The molecule has 10 heteroatoms. The highest BCUT2D eigenvalue weighted by Gasteiger charge is 2.32. The summed E-state index contributed by atoms with van der Waals surface area (Å²) in [6, 6.07) is 0. The zero-order valence-corrected chi connectivity index (χ0v) is 16.7. The Morgan fingerprint density at radius 2 is 2.19 bits per heavy atom. The van der Waals surface area contributed by atoms with E-state index in [1.165, 1.54) is 15.6 Å². The van der Waals surface area contributed by atoms with Crippen LogP contribution in [0, 0.1) is 5.92 Å². The fraction of sp³-hybridized carbons (Fsp3) is 0.688. The van der Waals surface area contributed by atoms with Crippen LogP contribution in [-0.4, -0.2) is 55.0 Å². The van der Waals surface area contributed by atoms with Crippen molar-refractivity contribution in [2.24, 2.45) is 5.92 Å². The lowest BCUT2D eigenvalue weighted by Gasteiger charge is -2.30. The van der Waals surface area contributed by atoms with Crippen molar-refractivity contribution < 1.29 is 22.7 Å². The Kier molecular flexibility index (Phi) is 7.54. The zero-order valence-electron chi connectivity index (χ0n) is 15.1. The minimum atomic E-state index is -3.30. The largest absolute Gasteiger partial charge is 0.466 e. The molecule has 1 atom stereocenters. The number of esters is 1. The lowest BCUT2D eigenvalue weighted by Crippen LogP contribution is -2.44. The second-order valence-corrected chi connectivity index (χ2v) is 9.07. The number of thiazole rings is 1. The fourth-order valence-corrected chi connectivity index (χ4v) is 5.11. The molecular weight excluding hydrogens is 378 g/mol. The summed E-state index contributed by atoms with van der Waals surface area (Å²) < 4.78 is 30.7. The fourth-order valence-electron chi connectivity index (χ4n) is 2.81. The van der Waals surface area contributed by atoms with Crippen LogP contribution in [0.5, 0.6) is 0 Å². The number of rotatable bonds is 8. The molecule has 1 N–H and O–H groups in total. The third-order valence-corrected chi connectivity index (χ3v) is 6.87. The van der Waals surface area contributed by atoms with Crippen molar-refractivity contribution in [2.45, 2.75) is 39.5 Å². The van der Waals surface area contributed by atoms with Gasteiger partial charge in [-0.25, -0.2) is 17.7 Å². The highest BCUT2D eigenvalue weighted by molar-refractivity contribution is 7.89. The van der Waals surface area contributed by atoms with Gasteiger partial charge in [-0.3, -0.25) is 9.59 Å². The third-order valence-electron chi connectivity index (χ3n) is 4.02. The van der Waals surface area contributed by atoms with Crippen LogP contribution in [0.1, 0.15) is 38.8 Å². The molecule has 2 heterocycles. The summed E-state index contributed by atoms with van der Waals surface area (Å²) in [6.07, 6.45) is 1.92. The number of nitrogens with zero attached hydrogens (tertiary/aromatic N) is 2. The first-order chi connectivity index (χ1) is 12.4. The summed E-state index contributed by atoms with van der Waals surface area (Å²) in [5.74, 6) is -0.892. The van der Waals surface area contributed by atoms with Crippen LogP contribution in [0.3, 0.4) is 0 Å². The number of sulfonamides is 1. The van der Waals surface area contributed by atoms with Gasteiger partial charge in [0.1, 0.15) is 0 Å². The molecule has 146 valence electrons. The average Bonchev–Trinajstić information content (AvgIpc) is 3.02. The van der Waals surface area contributed by atoms with Crippen molar-refractivity contribution in [1.29, 1.82) is 0 Å². The lowest BCUT2D eigenvalue weighted by molar-refractivity contribution is -0.142. The summed E-state index contributed by atoms with van der Waals surface area (Å²) >= 11 is 1.23. The van der Waals surface area contributed by atoms with Crippen molar-refractivity contribution in [2.75, 3.05) is 30.8 Å². The molecule has 26 heavy (non-hydrogen) atoms. The Bertz CT molecular complexity index is 732. The quantitative estimate of drug-likeness (QED) is 0.662. The van der Waals surface area contributed by atoms with Crippen molar-refractivity contribution in [3.05, 3.63) is 11.1 Å². The molecular formula is C16H25N3O5S2. The van der Waals surface area contributed by atoms with E-state index in [1.807, 2.05) is 6.92 Å². The molecule has 0 bridgehead atoms. The number of hydrogen-bond acceptors (Lipinski definition) is 7. The van der Waals surface area contributed by atoms with Gasteiger partial charge < -0.3 is 10.1 Å². The molecule has 0 radical (unpaired) electrons. The van der Waals surface area contributed by atoms with Crippen LogP contribution in [0.4, 0.5) is 5.13 Å². The van der Waals surface area contributed by atoms with E-state index in [2.05, 4.69) is 10.3 Å². The van der Waals surface area contributed by atoms with Gasteiger partial charge >= 0.3 is 5.97 Å². The Labute approximate surface area is 158 Å². The maximum Gasteiger partial charge on any atom is 0.311 e. The van der Waals surface area contributed by atoms with Crippen LogP contribution < -0.4 is 5.32 Å². The highest BCUT2D eigenvalue weighted by Crippen LogP contribution is 2.23. The summed E-state index contributed by atoms with van der Waals surface area (Å²) in [5.41, 5.74) is 0.541. The van der Waals surface area contributed by atoms with Gasteiger partial charge in [-0.2, -0.15) is 0 Å². The SMILES string of the molecule is CCCS(=O)(=O)N1CCCC(C(=O)Nc2nc(CC(=O)OCC)cs2)C1. The predicted molar refractivity (Wildman–Crippen MR) is 99.5 cm³/mol. The molecule has 0 spiro atoms. The number of amides is 1. The Morgan fingerprint density at radius 1 is 1.42 bits per heavy atom. The van der Waals surface area contributed by atoms with Crippen molar-refractivity contribution >= 4 is 38.4 Å². The van der Waals surface area contributed by atoms with Crippen LogP contribution in [0.15, 0.2) is 5.38 Å². The topological polar surface area (TPSA) is 106 Å². The lowest BCUT2D eigenvalue weighted by atomic mass is 9.99. The van der Waals surface area contributed by atoms with Gasteiger partial charge in [-0.05, 0) is 26.2 Å². The molecule has 1 aromatic rings. The summed E-state index contributed by atoms with van der Waals surface area (Å²) in [6.45, 7) is 4.54. The van der Waals surface area contributed by atoms with E-state index >= 15 is 0 Å². The van der Waals surface area contributed by atoms with Gasteiger partial charge in [-0.1, -0.05) is 6.92 Å². The molecule has 1 amide bonds. The van der Waals surface area contributed by atoms with E-state index in [9.17, 15) is 18.0 Å². The van der Waals surface area contributed by atoms with Crippen molar-refractivity contribution in [3.8, 4) is 0 Å². The maximum atomic E-state index is 12.5. The predicted octanol–water partition coefficient (Wildman–Crippen LogP) is 1.64. The van der Waals surface area contributed by atoms with Gasteiger partial charge in [0.2, 0.25) is 15.9 Å². The number of carbonyl (C=O) groups excluding carboxylic acids is 2. The van der Waals surface area contributed by atoms with Gasteiger partial charge in [0, 0.05) is 18.5 Å². The Morgan fingerprint density at radius 3 is 2.88 bits per heavy atom. The molecule has 1 aliphatic heterocycles. The highest BCUT2D eigenvalue weighted by atomic mass is 32.2. The maximum absolute atomic E-state index is 12.5. The van der Waals surface area contributed by atoms with Crippen molar-refractivity contribution in [3.63, 3.8) is 0 Å². The second kappa shape index (κ2) is 9.43. The van der Waals surface area contributed by atoms with E-state index < -0.39 is 15.9 Å². The zero-order chi connectivity index (χ0) is 19.2. The molecule has 1 aromatic heterocycles. The average molecular weight is 404 g/mol. The number of anilines is 1. The molecule has 0 saturated carbocycles. The number of piperidine rings is 1. The van der Waals surface area contributed by atoms with Crippen LogP contribution >= 0.6 is 11.3 Å². The Hall–Kier alpha value is -1.52. The van der Waals surface area contributed by atoms with Crippen molar-refractivity contribution in [1.82, 2.24) is 9.29 Å². The molecule has 0 aliphatic carbocycles. The molecule has 1 fully saturated rings. The van der Waals surface area contributed by atoms with Gasteiger partial charge in [0.25, 0.3) is 0 Å². The standard InChI is InChI=1S/C16H25N3O5S2/c1-3-8-26(22,23)19-7-5-6-12(10-19)15(21)18-16-17-13(11-25-16)9-14(20)24-4-2/h11-12H,3-10H2,1-2H3,(H,17,18,21). The van der Waals surface area contributed by atoms with Crippen LogP contribution in [0.2, 0.25) is 0 Å². The minimum Gasteiger partial charge on any atom is -0.466 e. The number of nitrogens with one attached hydrogen (secondary N) is 1. The first kappa shape index (κ1) is 20.8. The first-order valence-corrected chi connectivity index (χ1v) is 11.2. The Balaban J connectivity index is 1.93. The van der Waals surface area contributed by atoms with E-state index in [0.29, 0.717) is 43.2 Å². The van der Waals surface area contributed by atoms with Gasteiger partial charge in [-0.15, -0.1) is 11.3 Å². The van der Waals surface area contributed by atoms with Gasteiger partial charge in [0.15, 0.2) is 5.13 Å². The third kappa shape index (κ3) is 5.75. The molecule has 2 rings (SSSR count). The second-order valence-electron chi connectivity index (χ2n) is 6.13. The monoisotopic (exact) mass is 403 g/mol. The summed E-state index contributed by atoms with van der Waals surface area (Å²) in [5, 5.41) is 4.84. The molecule has 1 aliphatic rings.